The summed E-state index contributed by atoms with van der Waals surface area (Å²) in [7, 11) is 0. The van der Waals surface area contributed by atoms with Crippen molar-refractivity contribution in [3.05, 3.63) is 11.6 Å². The number of hydrogen-bond donors (Lipinski definition) is 0. The lowest BCUT2D eigenvalue weighted by Crippen LogP contribution is -2.04. The molecule has 68 valence electrons. The first kappa shape index (κ1) is 9.50. The van der Waals surface area contributed by atoms with Crippen molar-refractivity contribution in [2.24, 2.45) is 5.92 Å². The van der Waals surface area contributed by atoms with Crippen LogP contribution in [0.3, 0.4) is 0 Å². The maximum atomic E-state index is 10.5. The summed E-state index contributed by atoms with van der Waals surface area (Å²) in [5.41, 5.74) is 0.988. The maximum absolute atomic E-state index is 10.5. The van der Waals surface area contributed by atoms with Gasteiger partial charge in [0.25, 0.3) is 0 Å². The monoisotopic (exact) mass is 166 g/mol. The van der Waals surface area contributed by atoms with Gasteiger partial charge >= 0.3 is 0 Å². The Morgan fingerprint density at radius 3 is 2.50 bits per heavy atom. The predicted molar refractivity (Wildman–Crippen MR) is 51.0 cm³/mol. The van der Waals surface area contributed by atoms with Crippen molar-refractivity contribution >= 4 is 6.29 Å². The van der Waals surface area contributed by atoms with E-state index in [0.717, 1.165) is 18.3 Å². The molecular weight excluding hydrogens is 148 g/mol. The van der Waals surface area contributed by atoms with Crippen LogP contribution in [0.1, 0.15) is 45.4 Å². The molecule has 1 rings (SSSR count). The van der Waals surface area contributed by atoms with E-state index in [4.69, 9.17) is 0 Å². The minimum atomic E-state index is 0.693. The zero-order valence-corrected chi connectivity index (χ0v) is 7.88. The van der Waals surface area contributed by atoms with Gasteiger partial charge in [-0.15, -0.1) is 0 Å². The van der Waals surface area contributed by atoms with Gasteiger partial charge in [0.2, 0.25) is 0 Å². The standard InChI is InChI=1S/C11H18O/c1-2-10(9-12)8-11-6-4-3-5-7-11/h8-9,11H,2-7H2,1H3. The molecule has 12 heavy (non-hydrogen) atoms. The molecule has 1 nitrogen and oxygen atoms in total. The highest BCUT2D eigenvalue weighted by Crippen LogP contribution is 2.25. The second kappa shape index (κ2) is 5.13. The SMILES string of the molecule is CCC(C=O)=CC1CCCCC1. The summed E-state index contributed by atoms with van der Waals surface area (Å²) in [6.45, 7) is 2.04. The number of rotatable bonds is 3. The third-order valence-corrected chi connectivity index (χ3v) is 2.66. The predicted octanol–water partition coefficient (Wildman–Crippen LogP) is 3.10. The van der Waals surface area contributed by atoms with Crippen LogP contribution in [0.15, 0.2) is 11.6 Å². The fraction of sp³-hybridized carbons (Fsp3) is 0.727. The number of carbonyl (C=O) groups is 1. The molecule has 0 heterocycles. The Kier molecular flexibility index (Phi) is 4.06. The lowest BCUT2D eigenvalue weighted by Gasteiger charge is -2.18. The van der Waals surface area contributed by atoms with E-state index < -0.39 is 0 Å². The van der Waals surface area contributed by atoms with Crippen LogP contribution in [0, 0.1) is 5.92 Å². The Bertz CT molecular complexity index is 164. The molecular formula is C11H18O. The molecule has 0 N–H and O–H groups in total. The Morgan fingerprint density at radius 2 is 2.00 bits per heavy atom. The van der Waals surface area contributed by atoms with Gasteiger partial charge in [0.05, 0.1) is 0 Å². The van der Waals surface area contributed by atoms with Gasteiger partial charge in [-0.2, -0.15) is 0 Å². The molecule has 1 aliphatic carbocycles. The van der Waals surface area contributed by atoms with Crippen LogP contribution >= 0.6 is 0 Å². The molecule has 1 aliphatic rings. The molecule has 0 atom stereocenters. The second-order valence-corrected chi connectivity index (χ2v) is 3.61. The molecule has 0 spiro atoms. The van der Waals surface area contributed by atoms with Gasteiger partial charge in [-0.1, -0.05) is 32.3 Å². The average Bonchev–Trinajstić information content (AvgIpc) is 2.16. The Balaban J connectivity index is 2.45. The van der Waals surface area contributed by atoms with Crippen LogP contribution in [0.5, 0.6) is 0 Å². The highest BCUT2D eigenvalue weighted by atomic mass is 16.1. The highest BCUT2D eigenvalue weighted by molar-refractivity contribution is 5.72. The quantitative estimate of drug-likeness (QED) is 0.465. The van der Waals surface area contributed by atoms with Crippen molar-refractivity contribution < 1.29 is 4.79 Å². The molecule has 0 radical (unpaired) electrons. The van der Waals surface area contributed by atoms with Crippen molar-refractivity contribution in [3.63, 3.8) is 0 Å². The summed E-state index contributed by atoms with van der Waals surface area (Å²) < 4.78 is 0. The van der Waals surface area contributed by atoms with E-state index in [9.17, 15) is 4.79 Å². The summed E-state index contributed by atoms with van der Waals surface area (Å²) in [4.78, 5) is 10.5. The second-order valence-electron chi connectivity index (χ2n) is 3.61. The first-order valence-electron chi connectivity index (χ1n) is 5.02. The first-order valence-corrected chi connectivity index (χ1v) is 5.02. The smallest absolute Gasteiger partial charge is 0.145 e. The van der Waals surface area contributed by atoms with Gasteiger partial charge in [-0.25, -0.2) is 0 Å². The first-order chi connectivity index (χ1) is 5.86. The largest absolute Gasteiger partial charge is 0.298 e. The fourth-order valence-electron chi connectivity index (χ4n) is 1.84. The summed E-state index contributed by atoms with van der Waals surface area (Å²) in [6.07, 6.45) is 10.7. The zero-order chi connectivity index (χ0) is 8.81. The van der Waals surface area contributed by atoms with Crippen molar-refractivity contribution in [3.8, 4) is 0 Å². The van der Waals surface area contributed by atoms with E-state index in [2.05, 4.69) is 6.08 Å². The summed E-state index contributed by atoms with van der Waals surface area (Å²) in [6, 6.07) is 0. The molecule has 0 bridgehead atoms. The van der Waals surface area contributed by atoms with Gasteiger partial charge < -0.3 is 0 Å². The number of carbonyl (C=O) groups excluding carboxylic acids is 1. The average molecular weight is 166 g/mol. The van der Waals surface area contributed by atoms with E-state index >= 15 is 0 Å². The van der Waals surface area contributed by atoms with Gasteiger partial charge in [0, 0.05) is 0 Å². The minimum Gasteiger partial charge on any atom is -0.298 e. The van der Waals surface area contributed by atoms with Crippen LogP contribution < -0.4 is 0 Å². The Labute approximate surface area is 74.9 Å². The van der Waals surface area contributed by atoms with Crippen molar-refractivity contribution in [2.45, 2.75) is 45.4 Å². The number of allylic oxidation sites excluding steroid dienone is 2. The molecule has 0 saturated heterocycles. The van der Waals surface area contributed by atoms with Gasteiger partial charge in [0.1, 0.15) is 6.29 Å². The van der Waals surface area contributed by atoms with Crippen LogP contribution in [0.25, 0.3) is 0 Å². The molecule has 1 heteroatoms. The fourth-order valence-corrected chi connectivity index (χ4v) is 1.84. The topological polar surface area (TPSA) is 17.1 Å². The van der Waals surface area contributed by atoms with Crippen molar-refractivity contribution in [2.75, 3.05) is 0 Å². The molecule has 1 fully saturated rings. The Hall–Kier alpha value is -0.590. The van der Waals surface area contributed by atoms with Crippen molar-refractivity contribution in [1.82, 2.24) is 0 Å². The Morgan fingerprint density at radius 1 is 1.33 bits per heavy atom. The van der Waals surface area contributed by atoms with Crippen LogP contribution in [0.4, 0.5) is 0 Å². The maximum Gasteiger partial charge on any atom is 0.145 e. The van der Waals surface area contributed by atoms with Gasteiger partial charge in [0.15, 0.2) is 0 Å². The molecule has 0 aromatic rings. The normalized spacial score (nSPS) is 20.9. The highest BCUT2D eigenvalue weighted by Gasteiger charge is 2.10. The minimum absolute atomic E-state index is 0.693. The van der Waals surface area contributed by atoms with Gasteiger partial charge in [-0.05, 0) is 30.8 Å². The summed E-state index contributed by atoms with van der Waals surface area (Å²) in [5.74, 6) is 0.693. The third kappa shape index (κ3) is 2.80. The molecule has 0 amide bonds. The van der Waals surface area contributed by atoms with E-state index in [1.165, 1.54) is 32.1 Å². The van der Waals surface area contributed by atoms with E-state index in [1.54, 1.807) is 0 Å². The lowest BCUT2D eigenvalue weighted by molar-refractivity contribution is -0.105. The molecule has 0 unspecified atom stereocenters. The lowest BCUT2D eigenvalue weighted by atomic mass is 9.88. The zero-order valence-electron chi connectivity index (χ0n) is 7.88. The van der Waals surface area contributed by atoms with E-state index in [1.807, 2.05) is 6.92 Å². The van der Waals surface area contributed by atoms with Crippen molar-refractivity contribution in [1.29, 1.82) is 0 Å². The van der Waals surface area contributed by atoms with E-state index in [0.29, 0.717) is 5.92 Å². The third-order valence-electron chi connectivity index (χ3n) is 2.66. The van der Waals surface area contributed by atoms with Crippen LogP contribution in [-0.4, -0.2) is 6.29 Å². The molecule has 1 saturated carbocycles. The molecule has 0 aromatic carbocycles. The van der Waals surface area contributed by atoms with E-state index in [-0.39, 0.29) is 0 Å². The molecule has 0 aliphatic heterocycles. The van der Waals surface area contributed by atoms with Crippen LogP contribution in [0.2, 0.25) is 0 Å². The molecule has 0 aromatic heterocycles. The number of hydrogen-bond acceptors (Lipinski definition) is 1. The summed E-state index contributed by atoms with van der Waals surface area (Å²) in [5, 5.41) is 0. The van der Waals surface area contributed by atoms with Gasteiger partial charge in [-0.3, -0.25) is 4.79 Å². The van der Waals surface area contributed by atoms with Crippen LogP contribution in [-0.2, 0) is 4.79 Å². The summed E-state index contributed by atoms with van der Waals surface area (Å²) >= 11 is 0. The number of aldehydes is 1.